The zero-order chi connectivity index (χ0) is 20.8. The molecule has 3 aliphatic rings. The highest BCUT2D eigenvalue weighted by molar-refractivity contribution is 9.09. The van der Waals surface area contributed by atoms with Crippen LogP contribution in [0.25, 0.3) is 0 Å². The maximum absolute atomic E-state index is 9.58. The van der Waals surface area contributed by atoms with Crippen LogP contribution in [0.5, 0.6) is 0 Å². The van der Waals surface area contributed by atoms with Gasteiger partial charge in [0, 0.05) is 29.4 Å². The molecule has 1 aliphatic heterocycles. The van der Waals surface area contributed by atoms with Gasteiger partial charge < -0.3 is 31.8 Å². The van der Waals surface area contributed by atoms with Crippen molar-refractivity contribution in [1.29, 1.82) is 0 Å². The van der Waals surface area contributed by atoms with E-state index in [0.29, 0.717) is 40.6 Å². The summed E-state index contributed by atoms with van der Waals surface area (Å²) in [6, 6.07) is 0.571. The molecule has 0 spiro atoms. The summed E-state index contributed by atoms with van der Waals surface area (Å²) in [6.45, 7) is 9.89. The molecule has 3 fully saturated rings. The van der Waals surface area contributed by atoms with Crippen LogP contribution in [-0.2, 0) is 0 Å². The summed E-state index contributed by atoms with van der Waals surface area (Å²) in [6.07, 6.45) is 11.5. The number of rotatable bonds is 8. The van der Waals surface area contributed by atoms with Crippen molar-refractivity contribution in [3.8, 4) is 0 Å². The molecule has 0 bridgehead atoms. The first kappa shape index (κ1) is 32.5. The Morgan fingerprint density at radius 2 is 1.47 bits per heavy atom. The summed E-state index contributed by atoms with van der Waals surface area (Å²) in [7, 11) is 0. The van der Waals surface area contributed by atoms with Crippen molar-refractivity contribution in [2.24, 2.45) is 29.6 Å². The summed E-state index contributed by atoms with van der Waals surface area (Å²) < 4.78 is 0. The molecular formula is C24H50BrClN2O4. The molecular weight excluding hydrogens is 496 g/mol. The van der Waals surface area contributed by atoms with Crippen LogP contribution in [0.3, 0.4) is 0 Å². The molecule has 0 radical (unpaired) electrons. The largest absolute Gasteiger partial charge is 0.412 e. The molecule has 0 aromatic rings. The first-order valence-corrected chi connectivity index (χ1v) is 13.6. The summed E-state index contributed by atoms with van der Waals surface area (Å²) in [5, 5.41) is 13.9. The third-order valence-corrected chi connectivity index (χ3v) is 9.22. The molecule has 194 valence electrons. The van der Waals surface area contributed by atoms with Gasteiger partial charge in [0.05, 0.1) is 0 Å². The lowest BCUT2D eigenvalue weighted by atomic mass is 9.75. The van der Waals surface area contributed by atoms with Crippen LogP contribution in [-0.4, -0.2) is 75.5 Å². The van der Waals surface area contributed by atoms with Crippen LogP contribution >= 0.6 is 27.5 Å². The van der Waals surface area contributed by atoms with Crippen molar-refractivity contribution in [3.05, 3.63) is 0 Å². The van der Waals surface area contributed by atoms with E-state index in [2.05, 4.69) is 40.0 Å². The summed E-state index contributed by atoms with van der Waals surface area (Å²) in [5.41, 5.74) is 0. The molecule has 1 saturated heterocycles. The molecule has 8 heteroatoms. The minimum Gasteiger partial charge on any atom is -0.412 e. The molecule has 8 N–H and O–H groups in total. The molecule has 6 nitrogen and oxygen atoms in total. The highest BCUT2D eigenvalue weighted by Crippen LogP contribution is 2.37. The van der Waals surface area contributed by atoms with Gasteiger partial charge in [-0.3, -0.25) is 0 Å². The van der Waals surface area contributed by atoms with Crippen molar-refractivity contribution in [2.75, 3.05) is 32.8 Å². The highest BCUT2D eigenvalue weighted by Gasteiger charge is 2.31. The normalized spacial score (nSPS) is 33.0. The van der Waals surface area contributed by atoms with Crippen LogP contribution < -0.4 is 5.32 Å². The van der Waals surface area contributed by atoms with Gasteiger partial charge in [-0.15, -0.1) is 11.6 Å². The van der Waals surface area contributed by atoms with Crippen molar-refractivity contribution in [1.82, 2.24) is 10.2 Å². The fourth-order valence-electron chi connectivity index (χ4n) is 6.06. The van der Waals surface area contributed by atoms with E-state index in [1.54, 1.807) is 0 Å². The minimum absolute atomic E-state index is 0. The Labute approximate surface area is 209 Å². The Morgan fingerprint density at radius 1 is 0.906 bits per heavy atom. The SMILES string of the molecule is CC(C)[C@H](CN1CCC(C2CCC(Cl)CC2)CC1)NCC1CC(Br)CC(CO)C1.O.O.O. The molecule has 3 unspecified atom stereocenters. The van der Waals surface area contributed by atoms with E-state index in [0.717, 1.165) is 24.8 Å². The second kappa shape index (κ2) is 16.2. The third kappa shape index (κ3) is 10.0. The maximum Gasteiger partial charge on any atom is 0.0459 e. The number of nitrogens with zero attached hydrogens (tertiary/aromatic N) is 1. The van der Waals surface area contributed by atoms with Crippen LogP contribution in [0.1, 0.15) is 71.6 Å². The number of aliphatic hydroxyl groups excluding tert-OH is 1. The van der Waals surface area contributed by atoms with E-state index >= 15 is 0 Å². The Balaban J connectivity index is 0.00000320. The van der Waals surface area contributed by atoms with E-state index in [4.69, 9.17) is 11.6 Å². The summed E-state index contributed by atoms with van der Waals surface area (Å²) in [5.74, 6) is 3.70. The number of alkyl halides is 2. The lowest BCUT2D eigenvalue weighted by Crippen LogP contribution is -2.49. The number of hydrogen-bond acceptors (Lipinski definition) is 3. The fourth-order valence-corrected chi connectivity index (χ4v) is 7.37. The fraction of sp³-hybridized carbons (Fsp3) is 1.00. The van der Waals surface area contributed by atoms with Crippen LogP contribution in [0.15, 0.2) is 0 Å². The van der Waals surface area contributed by atoms with Crippen molar-refractivity contribution in [2.45, 2.75) is 87.9 Å². The molecule has 1 heterocycles. The van der Waals surface area contributed by atoms with Gasteiger partial charge in [-0.05, 0) is 107 Å². The molecule has 2 aliphatic carbocycles. The summed E-state index contributed by atoms with van der Waals surface area (Å²) >= 11 is 10.1. The van der Waals surface area contributed by atoms with Gasteiger partial charge in [-0.2, -0.15) is 0 Å². The second-order valence-corrected chi connectivity index (χ2v) is 12.5. The number of nitrogens with one attached hydrogen (secondary N) is 1. The maximum atomic E-state index is 9.58. The second-order valence-electron chi connectivity index (χ2n) is 10.6. The van der Waals surface area contributed by atoms with E-state index < -0.39 is 0 Å². The predicted molar refractivity (Wildman–Crippen MR) is 139 cm³/mol. The van der Waals surface area contributed by atoms with Crippen LogP contribution in [0, 0.1) is 29.6 Å². The number of halogens is 2. The first-order valence-electron chi connectivity index (χ1n) is 12.3. The number of likely N-dealkylation sites (tertiary alicyclic amines) is 1. The number of aliphatic hydroxyl groups is 1. The molecule has 2 saturated carbocycles. The quantitative estimate of drug-likeness (QED) is 0.455. The van der Waals surface area contributed by atoms with Crippen LogP contribution in [0.4, 0.5) is 0 Å². The highest BCUT2D eigenvalue weighted by atomic mass is 79.9. The van der Waals surface area contributed by atoms with Gasteiger partial charge in [0.25, 0.3) is 0 Å². The van der Waals surface area contributed by atoms with Crippen molar-refractivity contribution in [3.63, 3.8) is 0 Å². The lowest BCUT2D eigenvalue weighted by Gasteiger charge is -2.40. The van der Waals surface area contributed by atoms with Gasteiger partial charge in [0.1, 0.15) is 0 Å². The average Bonchev–Trinajstić information content (AvgIpc) is 2.71. The first-order chi connectivity index (χ1) is 13.9. The smallest absolute Gasteiger partial charge is 0.0459 e. The Hall–Kier alpha value is 0.530. The average molecular weight is 546 g/mol. The van der Waals surface area contributed by atoms with E-state index in [1.807, 2.05) is 0 Å². The molecule has 0 aromatic heterocycles. The minimum atomic E-state index is 0. The van der Waals surface area contributed by atoms with Gasteiger partial charge in [0.2, 0.25) is 0 Å². The molecule has 0 amide bonds. The van der Waals surface area contributed by atoms with Gasteiger partial charge in [0.15, 0.2) is 0 Å². The lowest BCUT2D eigenvalue weighted by molar-refractivity contribution is 0.110. The van der Waals surface area contributed by atoms with E-state index in [-0.39, 0.29) is 16.4 Å². The topological polar surface area (TPSA) is 130 Å². The molecule has 4 atom stereocenters. The monoisotopic (exact) mass is 544 g/mol. The summed E-state index contributed by atoms with van der Waals surface area (Å²) in [4.78, 5) is 3.29. The Kier molecular flexibility index (Phi) is 16.5. The number of piperidine rings is 1. The zero-order valence-electron chi connectivity index (χ0n) is 20.2. The third-order valence-electron chi connectivity index (χ3n) is 8.03. The molecule has 3 rings (SSSR count). The van der Waals surface area contributed by atoms with Crippen molar-refractivity contribution < 1.29 is 21.5 Å². The zero-order valence-corrected chi connectivity index (χ0v) is 22.5. The Morgan fingerprint density at radius 3 is 2.03 bits per heavy atom. The van der Waals surface area contributed by atoms with Gasteiger partial charge >= 0.3 is 0 Å². The standard InChI is InChI=1S/C24H44BrClN2O.3H2O/c1-17(2)24(27-14-18-11-19(16-29)13-22(25)12-18)15-28-9-7-21(8-10-28)20-3-5-23(26)6-4-20;;;/h17-24,27,29H,3-16H2,1-2H3;3*1H2/t18?,19?,20?,22?,23?,24-;;;/m0.../s1. The van der Waals surface area contributed by atoms with Crippen LogP contribution in [0.2, 0.25) is 0 Å². The van der Waals surface area contributed by atoms with Crippen molar-refractivity contribution >= 4 is 27.5 Å². The molecule has 0 aromatic carbocycles. The number of hydrogen-bond donors (Lipinski definition) is 2. The molecule has 32 heavy (non-hydrogen) atoms. The van der Waals surface area contributed by atoms with Gasteiger partial charge in [-0.25, -0.2) is 0 Å². The predicted octanol–water partition coefficient (Wildman–Crippen LogP) is 2.81. The Bertz CT molecular complexity index is 475. The van der Waals surface area contributed by atoms with E-state index in [9.17, 15) is 5.11 Å². The van der Waals surface area contributed by atoms with Gasteiger partial charge in [-0.1, -0.05) is 29.8 Å². The van der Waals surface area contributed by atoms with E-state index in [1.165, 1.54) is 71.0 Å².